The summed E-state index contributed by atoms with van der Waals surface area (Å²) in [5.41, 5.74) is 3.57. The van der Waals surface area contributed by atoms with Crippen molar-refractivity contribution in [2.24, 2.45) is 0 Å². The molecule has 0 aliphatic heterocycles. The fourth-order valence-corrected chi connectivity index (χ4v) is 2.58. The van der Waals surface area contributed by atoms with Gasteiger partial charge >= 0.3 is 0 Å². The summed E-state index contributed by atoms with van der Waals surface area (Å²) in [4.78, 5) is 0. The maximum Gasteiger partial charge on any atom is 0.161 e. The molecule has 0 heterocycles. The highest BCUT2D eigenvalue weighted by atomic mass is 16.5. The summed E-state index contributed by atoms with van der Waals surface area (Å²) in [5, 5.41) is 3.42. The van der Waals surface area contributed by atoms with Crippen molar-refractivity contribution in [1.29, 1.82) is 0 Å². The van der Waals surface area contributed by atoms with Gasteiger partial charge < -0.3 is 19.5 Å². The average molecular weight is 343 g/mol. The monoisotopic (exact) mass is 343 g/mol. The lowest BCUT2D eigenvalue weighted by Gasteiger charge is -2.13. The minimum Gasteiger partial charge on any atom is -0.493 e. The van der Waals surface area contributed by atoms with Crippen LogP contribution in [0.2, 0.25) is 0 Å². The van der Waals surface area contributed by atoms with Crippen LogP contribution in [0.3, 0.4) is 0 Å². The highest BCUT2D eigenvalue weighted by Crippen LogP contribution is 2.28. The van der Waals surface area contributed by atoms with Crippen LogP contribution in [0.1, 0.15) is 30.0 Å². The van der Waals surface area contributed by atoms with E-state index in [0.717, 1.165) is 49.8 Å². The number of nitrogens with one attached hydrogen (secondary N) is 1. The van der Waals surface area contributed by atoms with Crippen molar-refractivity contribution in [3.63, 3.8) is 0 Å². The maximum atomic E-state index is 5.93. The van der Waals surface area contributed by atoms with E-state index in [1.54, 1.807) is 7.11 Å². The van der Waals surface area contributed by atoms with E-state index in [2.05, 4.69) is 36.5 Å². The minimum absolute atomic E-state index is 0.535. The molecule has 0 aliphatic rings. The van der Waals surface area contributed by atoms with Crippen molar-refractivity contribution < 1.29 is 14.2 Å². The lowest BCUT2D eigenvalue weighted by atomic mass is 10.1. The zero-order valence-corrected chi connectivity index (χ0v) is 15.5. The molecule has 25 heavy (non-hydrogen) atoms. The molecule has 4 nitrogen and oxygen atoms in total. The van der Waals surface area contributed by atoms with Gasteiger partial charge in [0.15, 0.2) is 11.5 Å². The van der Waals surface area contributed by atoms with E-state index in [-0.39, 0.29) is 0 Å². The van der Waals surface area contributed by atoms with Crippen molar-refractivity contribution in [2.45, 2.75) is 33.4 Å². The number of ether oxygens (including phenoxy) is 3. The molecule has 0 aliphatic carbocycles. The summed E-state index contributed by atoms with van der Waals surface area (Å²) >= 11 is 0. The van der Waals surface area contributed by atoms with Crippen LogP contribution < -0.4 is 14.8 Å². The van der Waals surface area contributed by atoms with Crippen LogP contribution in [0.5, 0.6) is 11.5 Å². The van der Waals surface area contributed by atoms with Gasteiger partial charge in [-0.2, -0.15) is 0 Å². The smallest absolute Gasteiger partial charge is 0.161 e. The van der Waals surface area contributed by atoms with Gasteiger partial charge in [-0.15, -0.1) is 0 Å². The van der Waals surface area contributed by atoms with Gasteiger partial charge in [-0.25, -0.2) is 0 Å². The highest BCUT2D eigenvalue weighted by Gasteiger charge is 2.06. The quantitative estimate of drug-likeness (QED) is 0.624. The summed E-state index contributed by atoms with van der Waals surface area (Å²) in [5.74, 6) is 1.53. The number of methoxy groups -OCH3 is 1. The third kappa shape index (κ3) is 6.77. The van der Waals surface area contributed by atoms with Crippen molar-refractivity contribution in [1.82, 2.24) is 5.32 Å². The third-order valence-corrected chi connectivity index (χ3v) is 3.88. The second kappa shape index (κ2) is 10.7. The fraction of sp³-hybridized carbons (Fsp3) is 0.429. The van der Waals surface area contributed by atoms with Crippen LogP contribution >= 0.6 is 0 Å². The Morgan fingerprint density at radius 1 is 1.00 bits per heavy atom. The Morgan fingerprint density at radius 3 is 2.64 bits per heavy atom. The summed E-state index contributed by atoms with van der Waals surface area (Å²) in [6, 6.07) is 14.4. The van der Waals surface area contributed by atoms with E-state index >= 15 is 0 Å². The molecule has 4 heteroatoms. The number of rotatable bonds is 11. The summed E-state index contributed by atoms with van der Waals surface area (Å²) in [6.07, 6.45) is 1.02. The van der Waals surface area contributed by atoms with Crippen molar-refractivity contribution in [2.75, 3.05) is 26.9 Å². The van der Waals surface area contributed by atoms with Gasteiger partial charge in [-0.1, -0.05) is 35.9 Å². The molecule has 0 aromatic heterocycles. The first kappa shape index (κ1) is 19.3. The van der Waals surface area contributed by atoms with Crippen molar-refractivity contribution >= 4 is 0 Å². The zero-order chi connectivity index (χ0) is 17.9. The molecular formula is C21H29NO3. The molecular weight excluding hydrogens is 314 g/mol. The van der Waals surface area contributed by atoms with Crippen LogP contribution in [0.25, 0.3) is 0 Å². The molecule has 2 rings (SSSR count). The first-order valence-electron chi connectivity index (χ1n) is 8.86. The molecule has 0 amide bonds. The van der Waals surface area contributed by atoms with E-state index in [9.17, 15) is 0 Å². The normalized spacial score (nSPS) is 10.7. The highest BCUT2D eigenvalue weighted by molar-refractivity contribution is 5.43. The molecule has 0 spiro atoms. The van der Waals surface area contributed by atoms with E-state index in [4.69, 9.17) is 14.2 Å². The Morgan fingerprint density at radius 2 is 1.88 bits per heavy atom. The second-order valence-electron chi connectivity index (χ2n) is 5.99. The number of benzene rings is 2. The molecule has 0 saturated carbocycles. The van der Waals surface area contributed by atoms with E-state index in [1.807, 2.05) is 25.1 Å². The second-order valence-corrected chi connectivity index (χ2v) is 5.99. The van der Waals surface area contributed by atoms with Crippen LogP contribution in [0.4, 0.5) is 0 Å². The Bertz CT molecular complexity index is 643. The van der Waals surface area contributed by atoms with Gasteiger partial charge in [0.1, 0.15) is 6.61 Å². The lowest BCUT2D eigenvalue weighted by Crippen LogP contribution is -2.16. The van der Waals surface area contributed by atoms with E-state index in [0.29, 0.717) is 6.61 Å². The Kier molecular flexibility index (Phi) is 8.29. The Hall–Kier alpha value is -2.04. The topological polar surface area (TPSA) is 39.7 Å². The number of aryl methyl sites for hydroxylation is 1. The third-order valence-electron chi connectivity index (χ3n) is 3.88. The van der Waals surface area contributed by atoms with Crippen molar-refractivity contribution in [3.8, 4) is 11.5 Å². The molecule has 1 N–H and O–H groups in total. The first-order valence-corrected chi connectivity index (χ1v) is 8.86. The van der Waals surface area contributed by atoms with Gasteiger partial charge in [0.2, 0.25) is 0 Å². The van der Waals surface area contributed by atoms with Crippen molar-refractivity contribution in [3.05, 3.63) is 59.2 Å². The summed E-state index contributed by atoms with van der Waals surface area (Å²) in [7, 11) is 1.67. The number of hydrogen-bond donors (Lipinski definition) is 1. The predicted octanol–water partition coefficient (Wildman–Crippen LogP) is 4.10. The molecule has 0 atom stereocenters. The molecule has 0 radical (unpaired) electrons. The molecule has 0 saturated heterocycles. The molecule has 2 aromatic rings. The first-order chi connectivity index (χ1) is 12.2. The summed E-state index contributed by atoms with van der Waals surface area (Å²) < 4.78 is 16.7. The molecule has 0 fully saturated rings. The lowest BCUT2D eigenvalue weighted by molar-refractivity contribution is 0.144. The van der Waals surface area contributed by atoms with Crippen LogP contribution in [-0.4, -0.2) is 26.9 Å². The van der Waals surface area contributed by atoms with Gasteiger partial charge in [0, 0.05) is 19.8 Å². The minimum atomic E-state index is 0.535. The van der Waals surface area contributed by atoms with E-state index in [1.165, 1.54) is 11.1 Å². The standard InChI is InChI=1S/C21H29NO3/c1-4-24-12-6-11-22-15-18-9-10-20(21(14-18)23-3)25-16-19-8-5-7-17(2)13-19/h5,7-10,13-14,22H,4,6,11-12,15-16H2,1-3H3. The summed E-state index contributed by atoms with van der Waals surface area (Å²) in [6.45, 7) is 7.96. The van der Waals surface area contributed by atoms with E-state index < -0.39 is 0 Å². The molecule has 136 valence electrons. The fourth-order valence-electron chi connectivity index (χ4n) is 2.58. The maximum absolute atomic E-state index is 5.93. The van der Waals surface area contributed by atoms with Gasteiger partial charge in [0.25, 0.3) is 0 Å². The Balaban J connectivity index is 1.85. The van der Waals surface area contributed by atoms with Gasteiger partial charge in [0.05, 0.1) is 7.11 Å². The largest absolute Gasteiger partial charge is 0.493 e. The average Bonchev–Trinajstić information content (AvgIpc) is 2.63. The Labute approximate surface area is 151 Å². The molecule has 2 aromatic carbocycles. The van der Waals surface area contributed by atoms with Crippen LogP contribution in [0, 0.1) is 6.92 Å². The molecule has 0 bridgehead atoms. The SMILES string of the molecule is CCOCCCNCc1ccc(OCc2cccc(C)c2)c(OC)c1. The number of hydrogen-bond acceptors (Lipinski definition) is 4. The van der Waals surface area contributed by atoms with Crippen LogP contribution in [0.15, 0.2) is 42.5 Å². The van der Waals surface area contributed by atoms with Gasteiger partial charge in [-0.05, 0) is 50.1 Å². The van der Waals surface area contributed by atoms with Crippen LogP contribution in [-0.2, 0) is 17.9 Å². The zero-order valence-electron chi connectivity index (χ0n) is 15.5. The predicted molar refractivity (Wildman–Crippen MR) is 101 cm³/mol. The van der Waals surface area contributed by atoms with Gasteiger partial charge in [-0.3, -0.25) is 0 Å². The molecule has 0 unspecified atom stereocenters.